The van der Waals surface area contributed by atoms with E-state index in [0.29, 0.717) is 0 Å². The van der Waals surface area contributed by atoms with Gasteiger partial charge >= 0.3 is 0 Å². The van der Waals surface area contributed by atoms with Crippen molar-refractivity contribution >= 4 is 11.3 Å². The van der Waals surface area contributed by atoms with Crippen LogP contribution in [0, 0.1) is 5.92 Å². The number of ether oxygens (including phenoxy) is 1. The average molecular weight is 254 g/mol. The van der Waals surface area contributed by atoms with Crippen molar-refractivity contribution in [2.75, 3.05) is 7.11 Å². The van der Waals surface area contributed by atoms with Crippen molar-refractivity contribution < 1.29 is 4.74 Å². The fourth-order valence-corrected chi connectivity index (χ4v) is 3.67. The van der Waals surface area contributed by atoms with Crippen molar-refractivity contribution in [2.24, 2.45) is 11.8 Å². The zero-order chi connectivity index (χ0) is 12.1. The van der Waals surface area contributed by atoms with Crippen LogP contribution in [0.1, 0.15) is 49.4 Å². The Balaban J connectivity index is 2.00. The summed E-state index contributed by atoms with van der Waals surface area (Å²) in [5.74, 6) is 7.49. The van der Waals surface area contributed by atoms with Gasteiger partial charge in [0, 0.05) is 0 Å². The molecule has 1 aromatic heterocycles. The van der Waals surface area contributed by atoms with Crippen LogP contribution in [0.4, 0.5) is 0 Å². The highest BCUT2D eigenvalue weighted by atomic mass is 32.1. The molecule has 2 rings (SSSR count). The summed E-state index contributed by atoms with van der Waals surface area (Å²) < 4.78 is 5.37. The first-order chi connectivity index (χ1) is 8.35. The van der Waals surface area contributed by atoms with Crippen molar-refractivity contribution in [2.45, 2.75) is 44.6 Å². The minimum atomic E-state index is 0.244. The summed E-state index contributed by atoms with van der Waals surface area (Å²) in [5, 5.41) is 2.07. The average Bonchev–Trinajstić information content (AvgIpc) is 2.85. The highest BCUT2D eigenvalue weighted by Crippen LogP contribution is 2.37. The van der Waals surface area contributed by atoms with E-state index in [1.165, 1.54) is 37.0 Å². The molecule has 3 nitrogen and oxygen atoms in total. The van der Waals surface area contributed by atoms with Gasteiger partial charge in [0.2, 0.25) is 0 Å². The number of hydrogen-bond donors (Lipinski definition) is 2. The van der Waals surface area contributed by atoms with Crippen LogP contribution in [-0.2, 0) is 0 Å². The van der Waals surface area contributed by atoms with Gasteiger partial charge in [-0.1, -0.05) is 32.1 Å². The minimum Gasteiger partial charge on any atom is -0.496 e. The van der Waals surface area contributed by atoms with Crippen LogP contribution < -0.4 is 16.0 Å². The highest BCUT2D eigenvalue weighted by Gasteiger charge is 2.22. The van der Waals surface area contributed by atoms with Crippen molar-refractivity contribution in [3.05, 3.63) is 16.3 Å². The van der Waals surface area contributed by atoms with Crippen LogP contribution >= 0.6 is 11.3 Å². The molecule has 0 radical (unpaired) electrons. The molecule has 1 saturated carbocycles. The number of thiophene rings is 1. The number of methoxy groups -OCH3 is 1. The molecule has 1 atom stereocenters. The van der Waals surface area contributed by atoms with Crippen LogP contribution in [0.25, 0.3) is 0 Å². The van der Waals surface area contributed by atoms with Crippen LogP contribution in [-0.4, -0.2) is 7.11 Å². The third-order valence-electron chi connectivity index (χ3n) is 3.69. The van der Waals surface area contributed by atoms with Gasteiger partial charge in [-0.2, -0.15) is 0 Å². The van der Waals surface area contributed by atoms with Crippen molar-refractivity contribution in [1.82, 2.24) is 5.43 Å². The molecular formula is C13H22N2OS. The largest absolute Gasteiger partial charge is 0.496 e. The van der Waals surface area contributed by atoms with Crippen LogP contribution in [0.2, 0.25) is 0 Å². The number of nitrogens with two attached hydrogens (primary N) is 1. The van der Waals surface area contributed by atoms with Gasteiger partial charge in [0.25, 0.3) is 0 Å². The molecule has 1 fully saturated rings. The van der Waals surface area contributed by atoms with Crippen LogP contribution in [0.3, 0.4) is 0 Å². The molecule has 1 aliphatic rings. The van der Waals surface area contributed by atoms with Crippen molar-refractivity contribution in [3.8, 4) is 5.75 Å². The van der Waals surface area contributed by atoms with E-state index < -0.39 is 0 Å². The summed E-state index contributed by atoms with van der Waals surface area (Å²) in [5.41, 5.74) is 2.96. The van der Waals surface area contributed by atoms with E-state index in [9.17, 15) is 0 Å². The number of nitrogens with one attached hydrogen (secondary N) is 1. The topological polar surface area (TPSA) is 47.3 Å². The summed E-state index contributed by atoms with van der Waals surface area (Å²) in [6.45, 7) is 0. The standard InChI is InChI=1S/C13H22N2OS/c1-16-12-7-8-17-13(12)11(15-14)9-10-5-3-2-4-6-10/h7-8,10-11,15H,2-6,9,14H2,1H3. The molecule has 3 N–H and O–H groups in total. The van der Waals surface area contributed by atoms with E-state index in [1.54, 1.807) is 18.4 Å². The Morgan fingerprint density at radius 1 is 1.47 bits per heavy atom. The summed E-state index contributed by atoms with van der Waals surface area (Å²) in [7, 11) is 1.72. The highest BCUT2D eigenvalue weighted by molar-refractivity contribution is 7.10. The molecule has 1 aromatic rings. The van der Waals surface area contributed by atoms with Gasteiger partial charge in [-0.25, -0.2) is 0 Å². The molecule has 0 spiro atoms. The van der Waals surface area contributed by atoms with E-state index in [0.717, 1.165) is 18.1 Å². The lowest BCUT2D eigenvalue weighted by molar-refractivity contribution is 0.299. The fraction of sp³-hybridized carbons (Fsp3) is 0.692. The third kappa shape index (κ3) is 3.21. The van der Waals surface area contributed by atoms with Gasteiger partial charge in [-0.15, -0.1) is 11.3 Å². The Labute approximate surface area is 107 Å². The van der Waals surface area contributed by atoms with E-state index >= 15 is 0 Å². The molecule has 0 aromatic carbocycles. The molecular weight excluding hydrogens is 232 g/mol. The first-order valence-electron chi connectivity index (χ1n) is 6.42. The van der Waals surface area contributed by atoms with Gasteiger partial charge in [0.05, 0.1) is 18.0 Å². The second kappa shape index (κ2) is 6.38. The molecule has 1 unspecified atom stereocenters. The van der Waals surface area contributed by atoms with Gasteiger partial charge in [-0.05, 0) is 23.8 Å². The molecule has 17 heavy (non-hydrogen) atoms. The second-order valence-electron chi connectivity index (χ2n) is 4.81. The Kier molecular flexibility index (Phi) is 4.83. The zero-order valence-electron chi connectivity index (χ0n) is 10.4. The minimum absolute atomic E-state index is 0.244. The summed E-state index contributed by atoms with van der Waals surface area (Å²) in [6.07, 6.45) is 8.00. The van der Waals surface area contributed by atoms with Crippen LogP contribution in [0.5, 0.6) is 5.75 Å². The van der Waals surface area contributed by atoms with E-state index in [-0.39, 0.29) is 6.04 Å². The molecule has 0 aliphatic heterocycles. The van der Waals surface area contributed by atoms with Gasteiger partial charge in [-0.3, -0.25) is 11.3 Å². The first-order valence-corrected chi connectivity index (χ1v) is 7.30. The van der Waals surface area contributed by atoms with E-state index in [2.05, 4.69) is 10.8 Å². The molecule has 0 bridgehead atoms. The van der Waals surface area contributed by atoms with Gasteiger partial charge in [0.15, 0.2) is 0 Å². The van der Waals surface area contributed by atoms with Crippen molar-refractivity contribution in [3.63, 3.8) is 0 Å². The molecule has 96 valence electrons. The Morgan fingerprint density at radius 2 is 2.24 bits per heavy atom. The first kappa shape index (κ1) is 12.9. The summed E-state index contributed by atoms with van der Waals surface area (Å²) in [4.78, 5) is 1.24. The summed E-state index contributed by atoms with van der Waals surface area (Å²) >= 11 is 1.73. The predicted octanol–water partition coefficient (Wildman–Crippen LogP) is 3.23. The summed E-state index contributed by atoms with van der Waals surface area (Å²) in [6, 6.07) is 2.26. The van der Waals surface area contributed by atoms with E-state index in [4.69, 9.17) is 10.6 Å². The third-order valence-corrected chi connectivity index (χ3v) is 4.70. The van der Waals surface area contributed by atoms with Crippen molar-refractivity contribution in [1.29, 1.82) is 0 Å². The lowest BCUT2D eigenvalue weighted by atomic mass is 9.84. The number of hydrogen-bond acceptors (Lipinski definition) is 4. The molecule has 4 heteroatoms. The number of hydrazine groups is 1. The molecule has 0 amide bonds. The Morgan fingerprint density at radius 3 is 2.88 bits per heavy atom. The second-order valence-corrected chi connectivity index (χ2v) is 5.76. The fourth-order valence-electron chi connectivity index (χ4n) is 2.74. The molecule has 1 heterocycles. The molecule has 0 saturated heterocycles. The van der Waals surface area contributed by atoms with Crippen LogP contribution in [0.15, 0.2) is 11.4 Å². The predicted molar refractivity (Wildman–Crippen MR) is 72.1 cm³/mol. The Bertz CT molecular complexity index is 334. The SMILES string of the molecule is COc1ccsc1C(CC1CCCCC1)NN. The quantitative estimate of drug-likeness (QED) is 0.626. The zero-order valence-corrected chi connectivity index (χ0v) is 11.3. The number of rotatable bonds is 5. The lowest BCUT2D eigenvalue weighted by Gasteiger charge is -2.26. The smallest absolute Gasteiger partial charge is 0.134 e. The maximum atomic E-state index is 5.71. The Hall–Kier alpha value is -0.580. The molecule has 1 aliphatic carbocycles. The normalized spacial score (nSPS) is 19.2. The maximum Gasteiger partial charge on any atom is 0.134 e. The van der Waals surface area contributed by atoms with E-state index in [1.807, 2.05) is 6.07 Å². The monoisotopic (exact) mass is 254 g/mol. The van der Waals surface area contributed by atoms with Gasteiger partial charge in [0.1, 0.15) is 5.75 Å². The maximum absolute atomic E-state index is 5.71. The lowest BCUT2D eigenvalue weighted by Crippen LogP contribution is -2.29. The van der Waals surface area contributed by atoms with Gasteiger partial charge < -0.3 is 4.74 Å².